The Morgan fingerprint density at radius 1 is 0.510 bits per heavy atom. The Morgan fingerprint density at radius 3 is 1.24 bits per heavy atom. The van der Waals surface area contributed by atoms with Crippen molar-refractivity contribution in [3.63, 3.8) is 0 Å². The number of aliphatic hydroxyl groups excluding tert-OH is 1. The van der Waals surface area contributed by atoms with Crippen LogP contribution in [0.25, 0.3) is 0 Å². The molecular weight excluding hydrogens is 643 g/mol. The zero-order valence-electron chi connectivity index (χ0n) is 32.0. The zero-order valence-corrected chi connectivity index (χ0v) is 32.9. The second-order valence-corrected chi connectivity index (χ2v) is 15.4. The van der Waals surface area contributed by atoms with E-state index in [0.717, 1.165) is 38.5 Å². The number of ether oxygens (including phenoxy) is 2. The quantitative estimate of drug-likeness (QED) is 0.0364. The van der Waals surface area contributed by atoms with Gasteiger partial charge in [0, 0.05) is 12.8 Å². The lowest BCUT2D eigenvalue weighted by molar-refractivity contribution is -0.161. The van der Waals surface area contributed by atoms with Gasteiger partial charge < -0.3 is 19.5 Å². The second kappa shape index (κ2) is 35.4. The van der Waals surface area contributed by atoms with E-state index < -0.39 is 38.6 Å². The number of unbranched alkanes of at least 4 members (excludes halogenated alkanes) is 24. The molecule has 0 spiro atoms. The fourth-order valence-corrected chi connectivity index (χ4v) is 6.50. The van der Waals surface area contributed by atoms with Crippen LogP contribution >= 0.6 is 7.82 Å². The van der Waals surface area contributed by atoms with Crippen LogP contribution < -0.4 is 0 Å². The van der Waals surface area contributed by atoms with Crippen molar-refractivity contribution < 1.29 is 42.7 Å². The van der Waals surface area contributed by atoms with Gasteiger partial charge in [-0.3, -0.25) is 18.6 Å². The molecule has 3 atom stereocenters. The zero-order chi connectivity index (χ0) is 36.3. The molecule has 0 fully saturated rings. The highest BCUT2D eigenvalue weighted by atomic mass is 31.2. The highest BCUT2D eigenvalue weighted by Gasteiger charge is 2.27. The third-order valence-corrected chi connectivity index (χ3v) is 9.97. The Balaban J connectivity index is 4.31. The highest BCUT2D eigenvalue weighted by Crippen LogP contribution is 2.43. The normalized spacial score (nSPS) is 14.0. The van der Waals surface area contributed by atoms with Crippen LogP contribution in [0.3, 0.4) is 0 Å². The number of rotatable bonds is 38. The predicted molar refractivity (Wildman–Crippen MR) is 199 cm³/mol. The van der Waals surface area contributed by atoms with Crippen LogP contribution in [0.5, 0.6) is 0 Å². The van der Waals surface area contributed by atoms with Gasteiger partial charge in [0.15, 0.2) is 6.10 Å². The molecule has 10 heteroatoms. The minimum atomic E-state index is -4.49. The number of carbonyl (C=O) groups excluding carboxylic acids is 2. The molecule has 0 heterocycles. The molecule has 0 aliphatic rings. The minimum absolute atomic E-state index is 0.219. The van der Waals surface area contributed by atoms with E-state index in [1.165, 1.54) is 122 Å². The summed E-state index contributed by atoms with van der Waals surface area (Å²) in [5, 5.41) is 9.63. The molecule has 0 radical (unpaired) electrons. The maximum absolute atomic E-state index is 12.6. The standard InChI is InChI=1S/C39H77O9P/c1-4-7-9-11-13-15-17-19-21-23-25-27-29-31-38(41)45-34-37(35-47-49(43,44)46-33-36(40)6-3)48-39(42)32-30-28-26-24-22-20-18-16-14-12-10-8-5-2/h36-37,40H,4-35H2,1-3H3,(H,43,44)/t36?,37-/m1/s1. The molecule has 0 aliphatic carbocycles. The van der Waals surface area contributed by atoms with Gasteiger partial charge >= 0.3 is 19.8 Å². The first-order valence-electron chi connectivity index (χ1n) is 20.4. The molecular formula is C39H77O9P. The number of phosphoric ester groups is 1. The summed E-state index contributed by atoms with van der Waals surface area (Å²) < 4.78 is 33.0. The maximum Gasteiger partial charge on any atom is 0.472 e. The molecule has 0 saturated carbocycles. The molecule has 0 saturated heterocycles. The van der Waals surface area contributed by atoms with Crippen molar-refractivity contribution in [3.05, 3.63) is 0 Å². The largest absolute Gasteiger partial charge is 0.472 e. The Kier molecular flexibility index (Phi) is 34.7. The van der Waals surface area contributed by atoms with Crippen LogP contribution in [0.2, 0.25) is 0 Å². The van der Waals surface area contributed by atoms with E-state index in [1.54, 1.807) is 6.92 Å². The summed E-state index contributed by atoms with van der Waals surface area (Å²) in [5.41, 5.74) is 0. The third kappa shape index (κ3) is 35.2. The summed E-state index contributed by atoms with van der Waals surface area (Å²) in [6, 6.07) is 0. The molecule has 0 bridgehead atoms. The molecule has 2 unspecified atom stereocenters. The van der Waals surface area contributed by atoms with Crippen LogP contribution in [-0.2, 0) is 32.7 Å². The summed E-state index contributed by atoms with van der Waals surface area (Å²) in [6.45, 7) is 5.12. The van der Waals surface area contributed by atoms with Gasteiger partial charge in [0.05, 0.1) is 19.3 Å². The van der Waals surface area contributed by atoms with E-state index in [9.17, 15) is 24.2 Å². The molecule has 2 N–H and O–H groups in total. The van der Waals surface area contributed by atoms with Crippen molar-refractivity contribution in [1.82, 2.24) is 0 Å². The van der Waals surface area contributed by atoms with Gasteiger partial charge in [0.25, 0.3) is 0 Å². The van der Waals surface area contributed by atoms with Crippen molar-refractivity contribution in [2.45, 2.75) is 219 Å². The fraction of sp³-hybridized carbons (Fsp3) is 0.949. The third-order valence-electron chi connectivity index (χ3n) is 9.02. The molecule has 0 aromatic rings. The van der Waals surface area contributed by atoms with Crippen LogP contribution in [0.15, 0.2) is 0 Å². The number of phosphoric acid groups is 1. The first-order chi connectivity index (χ1) is 23.7. The number of aliphatic hydroxyl groups is 1. The number of esters is 2. The minimum Gasteiger partial charge on any atom is -0.462 e. The fourth-order valence-electron chi connectivity index (χ4n) is 5.71. The SMILES string of the molecule is CCCCCCCCCCCCCCCC(=O)OC[C@H](COP(=O)(O)OCC(O)CC)OC(=O)CCCCCCCCCCCCCCC. The van der Waals surface area contributed by atoms with Crippen molar-refractivity contribution in [2.24, 2.45) is 0 Å². The molecule has 49 heavy (non-hydrogen) atoms. The van der Waals surface area contributed by atoms with Crippen molar-refractivity contribution in [1.29, 1.82) is 0 Å². The summed E-state index contributed by atoms with van der Waals surface area (Å²) >= 11 is 0. The van der Waals surface area contributed by atoms with Gasteiger partial charge in [-0.15, -0.1) is 0 Å². The molecule has 0 aromatic carbocycles. The first kappa shape index (κ1) is 48.0. The van der Waals surface area contributed by atoms with E-state index >= 15 is 0 Å². The van der Waals surface area contributed by atoms with Crippen LogP contribution in [-0.4, -0.2) is 54.0 Å². The lowest BCUT2D eigenvalue weighted by Crippen LogP contribution is -2.29. The topological polar surface area (TPSA) is 129 Å². The molecule has 0 aliphatic heterocycles. The van der Waals surface area contributed by atoms with Crippen molar-refractivity contribution in [2.75, 3.05) is 19.8 Å². The summed E-state index contributed by atoms with van der Waals surface area (Å²) in [6.07, 6.45) is 30.4. The molecule has 0 aromatic heterocycles. The Bertz CT molecular complexity index is 794. The van der Waals surface area contributed by atoms with Crippen molar-refractivity contribution in [3.8, 4) is 0 Å². The van der Waals surface area contributed by atoms with E-state index in [4.69, 9.17) is 18.5 Å². The number of carbonyl (C=O) groups is 2. The smallest absolute Gasteiger partial charge is 0.462 e. The Labute approximate surface area is 301 Å². The number of hydrogen-bond acceptors (Lipinski definition) is 8. The highest BCUT2D eigenvalue weighted by molar-refractivity contribution is 7.47. The van der Waals surface area contributed by atoms with Crippen LogP contribution in [0, 0.1) is 0 Å². The Morgan fingerprint density at radius 2 is 0.857 bits per heavy atom. The maximum atomic E-state index is 12.6. The number of hydrogen-bond donors (Lipinski definition) is 2. The van der Waals surface area contributed by atoms with Crippen molar-refractivity contribution >= 4 is 19.8 Å². The lowest BCUT2D eigenvalue weighted by Gasteiger charge is -2.20. The van der Waals surface area contributed by atoms with Gasteiger partial charge in [-0.25, -0.2) is 4.57 Å². The van der Waals surface area contributed by atoms with Gasteiger partial charge in [-0.2, -0.15) is 0 Å². The summed E-state index contributed by atoms with van der Waals surface area (Å²) in [4.78, 5) is 35.0. The average Bonchev–Trinajstić information content (AvgIpc) is 3.09. The molecule has 0 amide bonds. The van der Waals surface area contributed by atoms with E-state index in [1.807, 2.05) is 0 Å². The molecule has 9 nitrogen and oxygen atoms in total. The Hall–Kier alpha value is -0.990. The first-order valence-corrected chi connectivity index (χ1v) is 21.9. The van der Waals surface area contributed by atoms with Gasteiger partial charge in [0.1, 0.15) is 6.61 Å². The summed E-state index contributed by atoms with van der Waals surface area (Å²) in [5.74, 6) is -0.852. The van der Waals surface area contributed by atoms with E-state index in [0.29, 0.717) is 12.8 Å². The van der Waals surface area contributed by atoms with Gasteiger partial charge in [0.2, 0.25) is 0 Å². The van der Waals surface area contributed by atoms with Gasteiger partial charge in [-0.05, 0) is 19.3 Å². The molecule has 0 rings (SSSR count). The predicted octanol–water partition coefficient (Wildman–Crippen LogP) is 11.3. The lowest BCUT2D eigenvalue weighted by atomic mass is 10.0. The second-order valence-electron chi connectivity index (χ2n) is 13.9. The van der Waals surface area contributed by atoms with Crippen LogP contribution in [0.1, 0.15) is 207 Å². The average molecular weight is 721 g/mol. The molecule has 292 valence electrons. The monoisotopic (exact) mass is 721 g/mol. The van der Waals surface area contributed by atoms with E-state index in [-0.39, 0.29) is 26.1 Å². The van der Waals surface area contributed by atoms with Gasteiger partial charge in [-0.1, -0.05) is 175 Å². The van der Waals surface area contributed by atoms with Crippen LogP contribution in [0.4, 0.5) is 0 Å². The van der Waals surface area contributed by atoms with E-state index in [2.05, 4.69) is 13.8 Å². The summed E-state index contributed by atoms with van der Waals surface area (Å²) in [7, 11) is -4.49.